The Balaban J connectivity index is 0.00000288. The van der Waals surface area contributed by atoms with Crippen molar-refractivity contribution in [2.75, 3.05) is 33.8 Å². The number of carboxylic acids is 1. The fourth-order valence-electron chi connectivity index (χ4n) is 2.89. The van der Waals surface area contributed by atoms with Crippen molar-refractivity contribution in [3.63, 3.8) is 0 Å². The number of methoxy groups -OCH3 is 1. The summed E-state index contributed by atoms with van der Waals surface area (Å²) in [6.45, 7) is 1.95. The van der Waals surface area contributed by atoms with Crippen molar-refractivity contribution >= 4 is 24.3 Å². The fourth-order valence-corrected chi connectivity index (χ4v) is 2.89. The second-order valence-electron chi connectivity index (χ2n) is 5.97. The molecule has 2 rings (SSSR count). The van der Waals surface area contributed by atoms with E-state index < -0.39 is 5.97 Å². The molecule has 6 nitrogen and oxygen atoms in total. The second kappa shape index (κ2) is 9.49. The lowest BCUT2D eigenvalue weighted by molar-refractivity contribution is -0.144. The van der Waals surface area contributed by atoms with E-state index >= 15 is 0 Å². The molecule has 1 aliphatic rings. The van der Waals surface area contributed by atoms with Crippen LogP contribution in [0.25, 0.3) is 0 Å². The van der Waals surface area contributed by atoms with E-state index in [2.05, 4.69) is 0 Å². The summed E-state index contributed by atoms with van der Waals surface area (Å²) in [7, 11) is 3.37. The summed E-state index contributed by atoms with van der Waals surface area (Å²) in [6, 6.07) is 7.61. The maximum atomic E-state index is 12.4. The number of para-hydroxylation sites is 1. The monoisotopic (exact) mass is 356 g/mol. The summed E-state index contributed by atoms with van der Waals surface area (Å²) in [5, 5.41) is 9.12. The van der Waals surface area contributed by atoms with Crippen LogP contribution < -0.4 is 4.74 Å². The summed E-state index contributed by atoms with van der Waals surface area (Å²) in [5.41, 5.74) is 0.952. The molecular weight excluding hydrogens is 332 g/mol. The van der Waals surface area contributed by atoms with Crippen molar-refractivity contribution in [2.45, 2.75) is 19.4 Å². The number of likely N-dealkylation sites (N-methyl/N-ethyl adjacent to an activating group) is 1. The Morgan fingerprint density at radius 2 is 2.08 bits per heavy atom. The van der Waals surface area contributed by atoms with Crippen LogP contribution in [-0.2, 0) is 16.1 Å². The molecule has 1 aliphatic heterocycles. The molecular formula is C17H25ClN2O4. The van der Waals surface area contributed by atoms with Crippen LogP contribution in [0, 0.1) is 5.92 Å². The number of piperidine rings is 1. The summed E-state index contributed by atoms with van der Waals surface area (Å²) in [6.07, 6.45) is 1.51. The van der Waals surface area contributed by atoms with Gasteiger partial charge in [0.15, 0.2) is 0 Å². The number of ether oxygens (including phenoxy) is 1. The number of amides is 1. The molecule has 7 heteroatoms. The Morgan fingerprint density at radius 3 is 2.75 bits per heavy atom. The van der Waals surface area contributed by atoms with Crippen molar-refractivity contribution in [2.24, 2.45) is 5.92 Å². The van der Waals surface area contributed by atoms with Gasteiger partial charge in [0, 0.05) is 25.7 Å². The molecule has 1 N–H and O–H groups in total. The normalized spacial score (nSPS) is 17.7. The Labute approximate surface area is 148 Å². The van der Waals surface area contributed by atoms with E-state index in [9.17, 15) is 9.59 Å². The van der Waals surface area contributed by atoms with Gasteiger partial charge in [-0.15, -0.1) is 12.4 Å². The maximum Gasteiger partial charge on any atom is 0.307 e. The van der Waals surface area contributed by atoms with Gasteiger partial charge in [0.2, 0.25) is 5.91 Å². The maximum absolute atomic E-state index is 12.4. The SMILES string of the molecule is COc1ccccc1CN(C)C(=O)CN1CCCC(C(=O)O)C1.Cl. The molecule has 134 valence electrons. The highest BCUT2D eigenvalue weighted by Crippen LogP contribution is 2.20. The van der Waals surface area contributed by atoms with Crippen molar-refractivity contribution in [1.29, 1.82) is 0 Å². The third kappa shape index (κ3) is 5.39. The average molecular weight is 357 g/mol. The molecule has 1 unspecified atom stereocenters. The number of hydrogen-bond donors (Lipinski definition) is 1. The van der Waals surface area contributed by atoms with E-state index in [1.807, 2.05) is 29.2 Å². The smallest absolute Gasteiger partial charge is 0.307 e. The first-order valence-electron chi connectivity index (χ1n) is 7.82. The molecule has 0 aromatic heterocycles. The van der Waals surface area contributed by atoms with Gasteiger partial charge in [-0.25, -0.2) is 0 Å². The molecule has 1 fully saturated rings. The molecule has 0 aliphatic carbocycles. The summed E-state index contributed by atoms with van der Waals surface area (Å²) in [5.74, 6) is -0.390. The van der Waals surface area contributed by atoms with Crippen molar-refractivity contribution in [1.82, 2.24) is 9.80 Å². The van der Waals surface area contributed by atoms with E-state index in [4.69, 9.17) is 9.84 Å². The number of benzene rings is 1. The zero-order chi connectivity index (χ0) is 16.8. The van der Waals surface area contributed by atoms with Crippen LogP contribution in [0.15, 0.2) is 24.3 Å². The lowest BCUT2D eigenvalue weighted by Gasteiger charge is -2.31. The molecule has 1 aromatic carbocycles. The molecule has 1 saturated heterocycles. The molecule has 0 saturated carbocycles. The van der Waals surface area contributed by atoms with E-state index in [-0.39, 0.29) is 30.8 Å². The van der Waals surface area contributed by atoms with Crippen LogP contribution in [0.2, 0.25) is 0 Å². The molecule has 0 bridgehead atoms. The van der Waals surface area contributed by atoms with Gasteiger partial charge in [0.25, 0.3) is 0 Å². The number of carboxylic acid groups (broad SMARTS) is 1. The third-order valence-corrected chi connectivity index (χ3v) is 4.24. The van der Waals surface area contributed by atoms with Gasteiger partial charge in [0.05, 0.1) is 19.6 Å². The Hall–Kier alpha value is -1.79. The lowest BCUT2D eigenvalue weighted by Crippen LogP contribution is -2.44. The van der Waals surface area contributed by atoms with Crippen LogP contribution in [0.3, 0.4) is 0 Å². The highest BCUT2D eigenvalue weighted by Gasteiger charge is 2.27. The van der Waals surface area contributed by atoms with E-state index in [0.29, 0.717) is 19.5 Å². The predicted molar refractivity (Wildman–Crippen MR) is 93.5 cm³/mol. The topological polar surface area (TPSA) is 70.1 Å². The third-order valence-electron chi connectivity index (χ3n) is 4.24. The zero-order valence-electron chi connectivity index (χ0n) is 14.1. The quantitative estimate of drug-likeness (QED) is 0.842. The molecule has 0 spiro atoms. The predicted octanol–water partition coefficient (Wildman–Crippen LogP) is 1.87. The first-order valence-corrected chi connectivity index (χ1v) is 7.82. The second-order valence-corrected chi connectivity index (χ2v) is 5.97. The number of carbonyl (C=O) groups excluding carboxylic acids is 1. The Bertz CT molecular complexity index is 567. The molecule has 1 aromatic rings. The van der Waals surface area contributed by atoms with Gasteiger partial charge in [-0.05, 0) is 25.5 Å². The minimum absolute atomic E-state index is 0. The van der Waals surface area contributed by atoms with Gasteiger partial charge in [0.1, 0.15) is 5.75 Å². The van der Waals surface area contributed by atoms with Crippen LogP contribution in [0.1, 0.15) is 18.4 Å². The van der Waals surface area contributed by atoms with Crippen molar-refractivity contribution in [3.05, 3.63) is 29.8 Å². The van der Waals surface area contributed by atoms with Gasteiger partial charge in [-0.1, -0.05) is 18.2 Å². The molecule has 1 amide bonds. The number of nitrogens with zero attached hydrogens (tertiary/aromatic N) is 2. The van der Waals surface area contributed by atoms with Gasteiger partial charge in [-0.3, -0.25) is 14.5 Å². The van der Waals surface area contributed by atoms with E-state index in [1.165, 1.54) is 0 Å². The number of likely N-dealkylation sites (tertiary alicyclic amines) is 1. The summed E-state index contributed by atoms with van der Waals surface area (Å²) >= 11 is 0. The van der Waals surface area contributed by atoms with E-state index in [1.54, 1.807) is 19.1 Å². The average Bonchev–Trinajstić information content (AvgIpc) is 2.55. The number of carbonyl (C=O) groups is 2. The summed E-state index contributed by atoms with van der Waals surface area (Å²) < 4.78 is 5.30. The van der Waals surface area contributed by atoms with E-state index in [0.717, 1.165) is 24.3 Å². The largest absolute Gasteiger partial charge is 0.496 e. The molecule has 24 heavy (non-hydrogen) atoms. The number of rotatable bonds is 6. The van der Waals surface area contributed by atoms with Crippen molar-refractivity contribution in [3.8, 4) is 5.75 Å². The summed E-state index contributed by atoms with van der Waals surface area (Å²) in [4.78, 5) is 27.1. The van der Waals surface area contributed by atoms with Crippen LogP contribution >= 0.6 is 12.4 Å². The first kappa shape index (κ1) is 20.3. The Morgan fingerprint density at radius 1 is 1.38 bits per heavy atom. The van der Waals surface area contributed by atoms with Gasteiger partial charge >= 0.3 is 5.97 Å². The standard InChI is InChI=1S/C17H24N2O4.ClH/c1-18(10-13-6-3-4-8-15(13)23-2)16(20)12-19-9-5-7-14(11-19)17(21)22;/h3-4,6,8,14H,5,7,9-12H2,1-2H3,(H,21,22);1H. The van der Waals surface area contributed by atoms with Gasteiger partial charge in [-0.2, -0.15) is 0 Å². The molecule has 0 radical (unpaired) electrons. The Kier molecular flexibility index (Phi) is 8.01. The molecule has 1 heterocycles. The van der Waals surface area contributed by atoms with Gasteiger partial charge < -0.3 is 14.7 Å². The minimum Gasteiger partial charge on any atom is -0.496 e. The fraction of sp³-hybridized carbons (Fsp3) is 0.529. The zero-order valence-corrected chi connectivity index (χ0v) is 14.9. The number of aliphatic carboxylic acids is 1. The van der Waals surface area contributed by atoms with Crippen molar-refractivity contribution < 1.29 is 19.4 Å². The number of halogens is 1. The highest BCUT2D eigenvalue weighted by molar-refractivity contribution is 5.85. The molecule has 1 atom stereocenters. The van der Waals surface area contributed by atoms with Crippen LogP contribution in [-0.4, -0.2) is 60.6 Å². The minimum atomic E-state index is -0.774. The first-order chi connectivity index (χ1) is 11.0. The highest BCUT2D eigenvalue weighted by atomic mass is 35.5. The van der Waals surface area contributed by atoms with Crippen LogP contribution in [0.5, 0.6) is 5.75 Å². The number of hydrogen-bond acceptors (Lipinski definition) is 4. The van der Waals surface area contributed by atoms with Crippen LogP contribution in [0.4, 0.5) is 0 Å². The lowest BCUT2D eigenvalue weighted by atomic mass is 9.98.